The standard InChI is InChI=1S/C21H15ClN2O4/c22-13-8-10-15(11-9-13)24-18(16-7-4-12-27-16)17-19(28-24)21(26)23(20(17)25)14-5-2-1-3-6-14/h1-12,17-19H/t17-,18-,19-/m0/s1. The van der Waals surface area contributed by atoms with E-state index in [1.807, 2.05) is 6.07 Å². The maximum Gasteiger partial charge on any atom is 0.266 e. The molecule has 0 N–H and O–H groups in total. The number of para-hydroxylation sites is 1. The Morgan fingerprint density at radius 2 is 1.57 bits per heavy atom. The van der Waals surface area contributed by atoms with Crippen molar-refractivity contribution < 1.29 is 18.8 Å². The lowest BCUT2D eigenvalue weighted by Gasteiger charge is -2.27. The van der Waals surface area contributed by atoms with E-state index in [9.17, 15) is 9.59 Å². The van der Waals surface area contributed by atoms with E-state index in [1.165, 1.54) is 4.90 Å². The van der Waals surface area contributed by atoms with Gasteiger partial charge in [0, 0.05) is 5.02 Å². The van der Waals surface area contributed by atoms with Crippen molar-refractivity contribution in [3.05, 3.63) is 83.8 Å². The summed E-state index contributed by atoms with van der Waals surface area (Å²) in [5.41, 5.74) is 1.22. The molecular formula is C21H15ClN2O4. The van der Waals surface area contributed by atoms with Gasteiger partial charge in [0.2, 0.25) is 5.91 Å². The average Bonchev–Trinajstić information content (AvgIpc) is 3.41. The maximum absolute atomic E-state index is 13.3. The molecular weight excluding hydrogens is 380 g/mol. The fourth-order valence-electron chi connectivity index (χ4n) is 3.81. The predicted molar refractivity (Wildman–Crippen MR) is 103 cm³/mol. The molecule has 0 spiro atoms. The van der Waals surface area contributed by atoms with Crippen LogP contribution in [0.25, 0.3) is 0 Å². The van der Waals surface area contributed by atoms with Gasteiger partial charge in [-0.3, -0.25) is 14.4 Å². The maximum atomic E-state index is 13.3. The Hall–Kier alpha value is -3.09. The van der Waals surface area contributed by atoms with Crippen LogP contribution >= 0.6 is 11.6 Å². The molecule has 7 heteroatoms. The first-order valence-corrected chi connectivity index (χ1v) is 9.21. The van der Waals surface area contributed by atoms with E-state index in [1.54, 1.807) is 72.0 Å². The van der Waals surface area contributed by atoms with Crippen LogP contribution < -0.4 is 9.96 Å². The summed E-state index contributed by atoms with van der Waals surface area (Å²) in [5.74, 6) is -0.846. The van der Waals surface area contributed by atoms with Crippen LogP contribution in [0.1, 0.15) is 11.8 Å². The van der Waals surface area contributed by atoms with Crippen molar-refractivity contribution >= 4 is 34.8 Å². The van der Waals surface area contributed by atoms with E-state index in [0.29, 0.717) is 22.2 Å². The lowest BCUT2D eigenvalue weighted by Crippen LogP contribution is -2.37. The van der Waals surface area contributed by atoms with E-state index >= 15 is 0 Å². The molecule has 3 heterocycles. The number of nitrogens with zero attached hydrogens (tertiary/aromatic N) is 2. The van der Waals surface area contributed by atoms with E-state index in [4.69, 9.17) is 20.9 Å². The molecule has 0 saturated carbocycles. The second-order valence-electron chi connectivity index (χ2n) is 6.66. The predicted octanol–water partition coefficient (Wildman–Crippen LogP) is 3.98. The van der Waals surface area contributed by atoms with Gasteiger partial charge in [-0.1, -0.05) is 29.8 Å². The number of halogens is 1. The Morgan fingerprint density at radius 1 is 0.821 bits per heavy atom. The van der Waals surface area contributed by atoms with E-state index in [2.05, 4.69) is 0 Å². The van der Waals surface area contributed by atoms with Crippen LogP contribution in [0.5, 0.6) is 0 Å². The van der Waals surface area contributed by atoms with Crippen molar-refractivity contribution in [3.63, 3.8) is 0 Å². The van der Waals surface area contributed by atoms with E-state index < -0.39 is 18.1 Å². The SMILES string of the molecule is O=C1[C@@H]2[C@H](ON(c3ccc(Cl)cc3)[C@H]2c2ccco2)C(=O)N1c1ccccc1. The number of furan rings is 1. The molecule has 5 rings (SSSR count). The number of hydrogen-bond donors (Lipinski definition) is 0. The summed E-state index contributed by atoms with van der Waals surface area (Å²) >= 11 is 5.99. The van der Waals surface area contributed by atoms with Gasteiger partial charge in [-0.15, -0.1) is 0 Å². The molecule has 0 bridgehead atoms. The first-order chi connectivity index (χ1) is 13.6. The van der Waals surface area contributed by atoms with Crippen LogP contribution in [0.15, 0.2) is 77.4 Å². The molecule has 2 saturated heterocycles. The third-order valence-electron chi connectivity index (χ3n) is 5.05. The first-order valence-electron chi connectivity index (χ1n) is 8.83. The molecule has 2 aromatic carbocycles. The van der Waals surface area contributed by atoms with Crippen LogP contribution in [0, 0.1) is 5.92 Å². The van der Waals surface area contributed by atoms with Gasteiger partial charge in [0.25, 0.3) is 5.91 Å². The summed E-state index contributed by atoms with van der Waals surface area (Å²) in [5, 5.41) is 2.16. The number of hydroxylamine groups is 1. The molecule has 2 aliphatic rings. The highest BCUT2D eigenvalue weighted by molar-refractivity contribution is 6.30. The third-order valence-corrected chi connectivity index (χ3v) is 5.30. The number of rotatable bonds is 3. The monoisotopic (exact) mass is 394 g/mol. The van der Waals surface area contributed by atoms with E-state index in [-0.39, 0.29) is 11.8 Å². The smallest absolute Gasteiger partial charge is 0.266 e. The van der Waals surface area contributed by atoms with E-state index in [0.717, 1.165) is 0 Å². The minimum atomic E-state index is -0.918. The number of carbonyl (C=O) groups excluding carboxylic acids is 2. The number of fused-ring (bicyclic) bond motifs is 1. The highest BCUT2D eigenvalue weighted by atomic mass is 35.5. The van der Waals surface area contributed by atoms with Gasteiger partial charge in [0.1, 0.15) is 17.7 Å². The van der Waals surface area contributed by atoms with Crippen LogP contribution in [-0.4, -0.2) is 17.9 Å². The molecule has 140 valence electrons. The van der Waals surface area contributed by atoms with Crippen LogP contribution in [0.3, 0.4) is 0 Å². The molecule has 1 aromatic heterocycles. The molecule has 3 atom stereocenters. The van der Waals surface area contributed by atoms with Crippen molar-refractivity contribution in [2.24, 2.45) is 5.92 Å². The number of hydrogen-bond acceptors (Lipinski definition) is 5. The summed E-state index contributed by atoms with van der Waals surface area (Å²) < 4.78 is 5.60. The van der Waals surface area contributed by atoms with Crippen molar-refractivity contribution in [2.45, 2.75) is 12.1 Å². The van der Waals surface area contributed by atoms with Crippen molar-refractivity contribution in [2.75, 3.05) is 9.96 Å². The second kappa shape index (κ2) is 6.51. The van der Waals surface area contributed by atoms with Gasteiger partial charge < -0.3 is 4.42 Å². The van der Waals surface area contributed by atoms with Crippen LogP contribution in [0.4, 0.5) is 11.4 Å². The normalized spacial score (nSPS) is 24.1. The van der Waals surface area contributed by atoms with Crippen LogP contribution in [0.2, 0.25) is 5.02 Å². The zero-order chi connectivity index (χ0) is 19.3. The Kier molecular flexibility index (Phi) is 3.96. The molecule has 28 heavy (non-hydrogen) atoms. The Balaban J connectivity index is 1.57. The average molecular weight is 395 g/mol. The number of carbonyl (C=O) groups is 2. The van der Waals surface area contributed by atoms with Crippen molar-refractivity contribution in [1.82, 2.24) is 0 Å². The zero-order valence-electron chi connectivity index (χ0n) is 14.6. The fourth-order valence-corrected chi connectivity index (χ4v) is 3.93. The third kappa shape index (κ3) is 2.53. The quantitative estimate of drug-likeness (QED) is 0.629. The molecule has 0 unspecified atom stereocenters. The molecule has 3 aromatic rings. The van der Waals surface area contributed by atoms with Gasteiger partial charge in [0.05, 0.1) is 17.6 Å². The number of benzene rings is 2. The minimum Gasteiger partial charge on any atom is -0.467 e. The summed E-state index contributed by atoms with van der Waals surface area (Å²) in [6.45, 7) is 0. The zero-order valence-corrected chi connectivity index (χ0v) is 15.3. The first kappa shape index (κ1) is 17.0. The molecule has 2 aliphatic heterocycles. The second-order valence-corrected chi connectivity index (χ2v) is 7.10. The summed E-state index contributed by atoms with van der Waals surface area (Å²) in [6, 6.07) is 18.9. The highest BCUT2D eigenvalue weighted by Gasteiger charge is 2.61. The number of imide groups is 1. The molecule has 2 amide bonds. The number of amides is 2. The van der Waals surface area contributed by atoms with Gasteiger partial charge in [-0.2, -0.15) is 0 Å². The lowest BCUT2D eigenvalue weighted by molar-refractivity contribution is -0.126. The van der Waals surface area contributed by atoms with Crippen molar-refractivity contribution in [1.29, 1.82) is 0 Å². The highest BCUT2D eigenvalue weighted by Crippen LogP contribution is 2.47. The van der Waals surface area contributed by atoms with Crippen LogP contribution in [-0.2, 0) is 14.4 Å². The van der Waals surface area contributed by atoms with Gasteiger partial charge >= 0.3 is 0 Å². The Labute approximate surface area is 165 Å². The molecule has 6 nitrogen and oxygen atoms in total. The summed E-state index contributed by atoms with van der Waals surface area (Å²) in [6.07, 6.45) is 0.623. The molecule has 2 fully saturated rings. The lowest BCUT2D eigenvalue weighted by atomic mass is 9.94. The molecule has 0 aliphatic carbocycles. The van der Waals surface area contributed by atoms with Gasteiger partial charge in [-0.25, -0.2) is 9.96 Å². The summed E-state index contributed by atoms with van der Waals surface area (Å²) in [4.78, 5) is 33.5. The number of anilines is 2. The van der Waals surface area contributed by atoms with Crippen molar-refractivity contribution in [3.8, 4) is 0 Å². The minimum absolute atomic E-state index is 0.306. The summed E-state index contributed by atoms with van der Waals surface area (Å²) in [7, 11) is 0. The molecule has 0 radical (unpaired) electrons. The van der Waals surface area contributed by atoms with Gasteiger partial charge in [0.15, 0.2) is 6.10 Å². The topological polar surface area (TPSA) is 63.0 Å². The Morgan fingerprint density at radius 3 is 2.25 bits per heavy atom. The van der Waals surface area contributed by atoms with Gasteiger partial charge in [-0.05, 0) is 48.5 Å². The fraction of sp³-hybridized carbons (Fsp3) is 0.143. The largest absolute Gasteiger partial charge is 0.467 e. The Bertz CT molecular complexity index is 1020.